The standard InChI is InChI=1S/C23H33N2O2/c1-5-22(23(26)15-21-17(2)10-9-11-18(21)3)25(12-7-6-8-13-25)16-20-14-19(4)27-24-20/h9-11,14,22H,5-8,12-13,15-16H2,1-4H3/q+1. The molecule has 1 atom stereocenters. The largest absolute Gasteiger partial charge is 0.361 e. The van der Waals surface area contributed by atoms with Crippen molar-refractivity contribution in [3.63, 3.8) is 0 Å². The summed E-state index contributed by atoms with van der Waals surface area (Å²) in [5.41, 5.74) is 4.62. The molecule has 0 amide bonds. The highest BCUT2D eigenvalue weighted by Gasteiger charge is 2.42. The Kier molecular flexibility index (Phi) is 6.15. The summed E-state index contributed by atoms with van der Waals surface area (Å²) in [6.07, 6.45) is 5.04. The molecule has 0 radical (unpaired) electrons. The fourth-order valence-electron chi connectivity index (χ4n) is 4.88. The van der Waals surface area contributed by atoms with Gasteiger partial charge < -0.3 is 9.01 Å². The first-order valence-corrected chi connectivity index (χ1v) is 10.3. The van der Waals surface area contributed by atoms with Crippen LogP contribution in [-0.2, 0) is 17.8 Å². The van der Waals surface area contributed by atoms with Crippen LogP contribution in [0.1, 0.15) is 60.8 Å². The van der Waals surface area contributed by atoms with Crippen molar-refractivity contribution in [1.82, 2.24) is 5.16 Å². The number of aryl methyl sites for hydroxylation is 3. The summed E-state index contributed by atoms with van der Waals surface area (Å²) in [6, 6.07) is 8.35. The van der Waals surface area contributed by atoms with Gasteiger partial charge in [0.2, 0.25) is 0 Å². The van der Waals surface area contributed by atoms with Crippen LogP contribution in [0.2, 0.25) is 0 Å². The molecule has 1 aromatic carbocycles. The van der Waals surface area contributed by atoms with Gasteiger partial charge in [-0.3, -0.25) is 4.79 Å². The molecule has 2 aromatic rings. The van der Waals surface area contributed by atoms with Gasteiger partial charge in [0, 0.05) is 18.9 Å². The normalized spacial score (nSPS) is 17.6. The lowest BCUT2D eigenvalue weighted by atomic mass is 9.91. The molecule has 1 aliphatic heterocycles. The number of hydrogen-bond donors (Lipinski definition) is 0. The summed E-state index contributed by atoms with van der Waals surface area (Å²) in [4.78, 5) is 13.5. The Bertz CT molecular complexity index is 767. The Hall–Kier alpha value is -1.94. The van der Waals surface area contributed by atoms with E-state index in [-0.39, 0.29) is 6.04 Å². The fraction of sp³-hybridized carbons (Fsp3) is 0.565. The lowest BCUT2D eigenvalue weighted by molar-refractivity contribution is -0.959. The van der Waals surface area contributed by atoms with Crippen molar-refractivity contribution in [2.24, 2.45) is 0 Å². The molecule has 1 unspecified atom stereocenters. The van der Waals surface area contributed by atoms with Crippen molar-refractivity contribution >= 4 is 5.78 Å². The highest BCUT2D eigenvalue weighted by Crippen LogP contribution is 2.30. The number of quaternary nitrogens is 1. The van der Waals surface area contributed by atoms with Crippen molar-refractivity contribution in [2.45, 2.75) is 72.4 Å². The van der Waals surface area contributed by atoms with Gasteiger partial charge in [-0.05, 0) is 56.7 Å². The highest BCUT2D eigenvalue weighted by atomic mass is 16.5. The third-order valence-electron chi connectivity index (χ3n) is 6.28. The molecule has 1 aliphatic rings. The van der Waals surface area contributed by atoms with Crippen molar-refractivity contribution in [1.29, 1.82) is 0 Å². The molecule has 2 heterocycles. The number of ketones is 1. The van der Waals surface area contributed by atoms with E-state index in [1.165, 1.54) is 36.0 Å². The number of hydrogen-bond acceptors (Lipinski definition) is 3. The minimum absolute atomic E-state index is 0.0290. The zero-order chi connectivity index (χ0) is 19.4. The molecule has 0 spiro atoms. The van der Waals surface area contributed by atoms with E-state index in [1.54, 1.807) is 0 Å². The first kappa shape index (κ1) is 19.8. The molecule has 0 aliphatic carbocycles. The third-order valence-corrected chi connectivity index (χ3v) is 6.28. The van der Waals surface area contributed by atoms with Gasteiger partial charge in [0.05, 0.1) is 13.1 Å². The molecular formula is C23H33N2O2+. The number of Topliss-reactive ketones (excluding diaryl/α,β-unsaturated/α-hetero) is 1. The number of carbonyl (C=O) groups is 1. The first-order valence-electron chi connectivity index (χ1n) is 10.3. The highest BCUT2D eigenvalue weighted by molar-refractivity contribution is 5.85. The predicted molar refractivity (Wildman–Crippen MR) is 107 cm³/mol. The van der Waals surface area contributed by atoms with Crippen LogP contribution >= 0.6 is 0 Å². The number of benzene rings is 1. The molecular weight excluding hydrogens is 336 g/mol. The van der Waals surface area contributed by atoms with Crippen LogP contribution in [0.4, 0.5) is 0 Å². The zero-order valence-electron chi connectivity index (χ0n) is 17.3. The van der Waals surface area contributed by atoms with E-state index in [2.05, 4.69) is 44.1 Å². The maximum Gasteiger partial charge on any atom is 0.194 e. The number of nitrogens with zero attached hydrogens (tertiary/aromatic N) is 2. The second kappa shape index (κ2) is 8.39. The van der Waals surface area contributed by atoms with Crippen LogP contribution < -0.4 is 0 Å². The monoisotopic (exact) mass is 369 g/mol. The average Bonchev–Trinajstić information content (AvgIpc) is 3.04. The summed E-state index contributed by atoms with van der Waals surface area (Å²) < 4.78 is 6.15. The van der Waals surface area contributed by atoms with E-state index in [0.717, 1.165) is 42.0 Å². The molecule has 4 heteroatoms. The van der Waals surface area contributed by atoms with Gasteiger partial charge in [-0.2, -0.15) is 0 Å². The summed E-state index contributed by atoms with van der Waals surface area (Å²) in [5.74, 6) is 1.21. The second-order valence-corrected chi connectivity index (χ2v) is 8.25. The molecule has 1 aromatic heterocycles. The van der Waals surface area contributed by atoms with E-state index in [4.69, 9.17) is 4.52 Å². The van der Waals surface area contributed by atoms with Crippen LogP contribution in [-0.4, -0.2) is 34.6 Å². The number of rotatable bonds is 7. The van der Waals surface area contributed by atoms with Gasteiger partial charge in [0.25, 0.3) is 0 Å². The molecule has 0 N–H and O–H groups in total. The minimum atomic E-state index is 0.0290. The van der Waals surface area contributed by atoms with Crippen molar-refractivity contribution in [2.75, 3.05) is 13.1 Å². The van der Waals surface area contributed by atoms with Gasteiger partial charge in [-0.15, -0.1) is 0 Å². The van der Waals surface area contributed by atoms with Gasteiger partial charge in [0.1, 0.15) is 24.0 Å². The lowest BCUT2D eigenvalue weighted by Crippen LogP contribution is -2.60. The fourth-order valence-corrected chi connectivity index (χ4v) is 4.88. The predicted octanol–water partition coefficient (Wildman–Crippen LogP) is 4.69. The first-order chi connectivity index (χ1) is 12.9. The topological polar surface area (TPSA) is 43.1 Å². The van der Waals surface area contributed by atoms with E-state index in [0.29, 0.717) is 12.2 Å². The smallest absolute Gasteiger partial charge is 0.194 e. The van der Waals surface area contributed by atoms with E-state index < -0.39 is 0 Å². The van der Waals surface area contributed by atoms with Crippen LogP contribution in [0.3, 0.4) is 0 Å². The van der Waals surface area contributed by atoms with Crippen molar-refractivity contribution in [3.05, 3.63) is 52.4 Å². The van der Waals surface area contributed by atoms with E-state index in [9.17, 15) is 4.79 Å². The summed E-state index contributed by atoms with van der Waals surface area (Å²) in [6.45, 7) is 11.2. The number of carbonyl (C=O) groups excluding carboxylic acids is 1. The van der Waals surface area contributed by atoms with E-state index >= 15 is 0 Å². The Morgan fingerprint density at radius 1 is 1.15 bits per heavy atom. The number of piperidine rings is 1. The average molecular weight is 370 g/mol. The molecule has 1 saturated heterocycles. The van der Waals surface area contributed by atoms with Crippen molar-refractivity contribution < 1.29 is 13.8 Å². The molecule has 0 bridgehead atoms. The third kappa shape index (κ3) is 4.32. The van der Waals surface area contributed by atoms with Gasteiger partial charge in [0.15, 0.2) is 5.78 Å². The van der Waals surface area contributed by atoms with Crippen LogP contribution in [0, 0.1) is 20.8 Å². The van der Waals surface area contributed by atoms with Gasteiger partial charge >= 0.3 is 0 Å². The second-order valence-electron chi connectivity index (χ2n) is 8.25. The molecule has 27 heavy (non-hydrogen) atoms. The molecule has 146 valence electrons. The maximum absolute atomic E-state index is 13.5. The summed E-state index contributed by atoms with van der Waals surface area (Å²) in [5, 5.41) is 4.24. The van der Waals surface area contributed by atoms with Crippen molar-refractivity contribution in [3.8, 4) is 0 Å². The number of likely N-dealkylation sites (tertiary alicyclic amines) is 1. The molecule has 4 nitrogen and oxygen atoms in total. The quantitative estimate of drug-likeness (QED) is 0.665. The van der Waals surface area contributed by atoms with Gasteiger partial charge in [-0.1, -0.05) is 30.3 Å². The minimum Gasteiger partial charge on any atom is -0.361 e. The van der Waals surface area contributed by atoms with Crippen LogP contribution in [0.5, 0.6) is 0 Å². The number of aromatic nitrogens is 1. The van der Waals surface area contributed by atoms with Crippen LogP contribution in [0.25, 0.3) is 0 Å². The van der Waals surface area contributed by atoms with Gasteiger partial charge in [-0.25, -0.2) is 0 Å². The molecule has 0 saturated carbocycles. The molecule has 3 rings (SSSR count). The Morgan fingerprint density at radius 2 is 1.81 bits per heavy atom. The lowest BCUT2D eigenvalue weighted by Gasteiger charge is -2.46. The Labute approximate surface area is 163 Å². The zero-order valence-corrected chi connectivity index (χ0v) is 17.3. The Balaban J connectivity index is 1.87. The Morgan fingerprint density at radius 3 is 2.37 bits per heavy atom. The molecule has 1 fully saturated rings. The summed E-state index contributed by atoms with van der Waals surface area (Å²) >= 11 is 0. The SMILES string of the molecule is CCC(C(=O)Cc1c(C)cccc1C)[N+]1(Cc2cc(C)on2)CCCCC1. The maximum atomic E-state index is 13.5. The van der Waals surface area contributed by atoms with E-state index in [1.807, 2.05) is 13.0 Å². The summed E-state index contributed by atoms with van der Waals surface area (Å²) in [7, 11) is 0. The van der Waals surface area contributed by atoms with Crippen LogP contribution in [0.15, 0.2) is 28.8 Å².